The normalized spacial score (nSPS) is 11.7. The molecule has 0 radical (unpaired) electrons. The Bertz CT molecular complexity index is 611. The second kappa shape index (κ2) is 6.76. The van der Waals surface area contributed by atoms with E-state index >= 15 is 0 Å². The Morgan fingerprint density at radius 2 is 1.76 bits per heavy atom. The Hall–Kier alpha value is -2.53. The lowest BCUT2D eigenvalue weighted by molar-refractivity contribution is -0.136. The van der Waals surface area contributed by atoms with Gasteiger partial charge in [0.1, 0.15) is 0 Å². The number of para-hydroxylation sites is 1. The zero-order valence-electron chi connectivity index (χ0n) is 11.7. The molecule has 0 spiro atoms. The fraction of sp³-hybridized carbons (Fsp3) is 0.188. The highest BCUT2D eigenvalue weighted by atomic mass is 16.4. The number of carbonyl (C=O) groups is 1. The minimum absolute atomic E-state index is 0.00963. The first-order chi connectivity index (χ1) is 10.0. The summed E-state index contributed by atoms with van der Waals surface area (Å²) in [6.07, 6.45) is -0.943. The maximum atomic E-state index is 10.6. The summed E-state index contributed by atoms with van der Waals surface area (Å²) in [5.41, 5.74) is 3.31. The van der Waals surface area contributed by atoms with Crippen LogP contribution in [0.25, 0.3) is 0 Å². The van der Waals surface area contributed by atoms with Crippen molar-refractivity contribution < 1.29 is 15.0 Å². The first-order valence-electron chi connectivity index (χ1n) is 6.62. The van der Waals surface area contributed by atoms with Gasteiger partial charge in [0.05, 0.1) is 6.42 Å². The van der Waals surface area contributed by atoms with Crippen LogP contribution in [-0.4, -0.2) is 22.5 Å². The van der Waals surface area contributed by atoms with Crippen LogP contribution in [-0.2, 0) is 11.2 Å². The van der Waals surface area contributed by atoms with E-state index in [0.717, 1.165) is 16.8 Å². The van der Waals surface area contributed by atoms with Gasteiger partial charge < -0.3 is 20.8 Å². The van der Waals surface area contributed by atoms with Gasteiger partial charge in [-0.05, 0) is 36.2 Å². The van der Waals surface area contributed by atoms with Gasteiger partial charge in [0.15, 0.2) is 0 Å². The molecule has 1 unspecified atom stereocenters. The van der Waals surface area contributed by atoms with Gasteiger partial charge in [0.2, 0.25) is 6.35 Å². The molecule has 2 aromatic rings. The summed E-state index contributed by atoms with van der Waals surface area (Å²) in [6.45, 7) is 1.95. The summed E-state index contributed by atoms with van der Waals surface area (Å²) in [7, 11) is 0. The van der Waals surface area contributed by atoms with Crippen molar-refractivity contribution in [3.05, 3.63) is 59.7 Å². The Labute approximate surface area is 123 Å². The first-order valence-corrected chi connectivity index (χ1v) is 6.62. The Balaban J connectivity index is 1.95. The molecule has 0 saturated heterocycles. The predicted octanol–water partition coefficient (Wildman–Crippen LogP) is 2.42. The number of rotatable bonds is 6. The number of carboxylic acids is 1. The Morgan fingerprint density at radius 3 is 2.38 bits per heavy atom. The topological polar surface area (TPSA) is 81.6 Å². The molecule has 0 aliphatic heterocycles. The molecule has 0 saturated carbocycles. The summed E-state index contributed by atoms with van der Waals surface area (Å²) >= 11 is 0. The minimum atomic E-state index is -0.934. The van der Waals surface area contributed by atoms with E-state index < -0.39 is 12.3 Å². The number of aliphatic carboxylic acids is 1. The van der Waals surface area contributed by atoms with Crippen molar-refractivity contribution in [2.24, 2.45) is 0 Å². The highest BCUT2D eigenvalue weighted by Crippen LogP contribution is 2.15. The van der Waals surface area contributed by atoms with Gasteiger partial charge in [0, 0.05) is 11.4 Å². The standard InChI is InChI=1S/C16H18N2O3/c1-11-4-2-3-5-14(11)18-16(21)17-13-8-6-12(7-9-13)10-15(19)20/h2-9,16-18,21H,10H2,1H3,(H,19,20). The molecule has 0 heterocycles. The first kappa shape index (κ1) is 14.9. The van der Waals surface area contributed by atoms with Crippen LogP contribution in [0.5, 0.6) is 0 Å². The molecule has 5 nitrogen and oxygen atoms in total. The number of aliphatic hydroxyl groups is 1. The number of benzene rings is 2. The van der Waals surface area contributed by atoms with Crippen molar-refractivity contribution in [3.63, 3.8) is 0 Å². The molecular formula is C16H18N2O3. The van der Waals surface area contributed by atoms with Crippen LogP contribution >= 0.6 is 0 Å². The van der Waals surface area contributed by atoms with Crippen LogP contribution in [0.2, 0.25) is 0 Å². The second-order valence-corrected chi connectivity index (χ2v) is 4.77. The third-order valence-corrected chi connectivity index (χ3v) is 3.05. The van der Waals surface area contributed by atoms with Crippen molar-refractivity contribution in [1.29, 1.82) is 0 Å². The number of carboxylic acid groups (broad SMARTS) is 1. The van der Waals surface area contributed by atoms with E-state index in [0.29, 0.717) is 5.69 Å². The number of anilines is 2. The highest BCUT2D eigenvalue weighted by Gasteiger charge is 2.06. The molecule has 0 bridgehead atoms. The number of aliphatic hydroxyl groups excluding tert-OH is 1. The Morgan fingerprint density at radius 1 is 1.10 bits per heavy atom. The molecule has 21 heavy (non-hydrogen) atoms. The fourth-order valence-electron chi connectivity index (χ4n) is 1.97. The van der Waals surface area contributed by atoms with Crippen LogP contribution in [0.3, 0.4) is 0 Å². The van der Waals surface area contributed by atoms with Gasteiger partial charge in [-0.1, -0.05) is 30.3 Å². The lowest BCUT2D eigenvalue weighted by Crippen LogP contribution is -2.28. The summed E-state index contributed by atoms with van der Waals surface area (Å²) in [5.74, 6) is -0.864. The molecule has 5 heteroatoms. The quantitative estimate of drug-likeness (QED) is 0.613. The zero-order valence-corrected chi connectivity index (χ0v) is 11.7. The van der Waals surface area contributed by atoms with E-state index in [2.05, 4.69) is 10.6 Å². The van der Waals surface area contributed by atoms with Crippen LogP contribution < -0.4 is 10.6 Å². The average molecular weight is 286 g/mol. The molecule has 0 aromatic heterocycles. The van der Waals surface area contributed by atoms with Gasteiger partial charge in [-0.3, -0.25) is 4.79 Å². The van der Waals surface area contributed by atoms with E-state index in [1.807, 2.05) is 31.2 Å². The minimum Gasteiger partial charge on any atom is -0.481 e. The van der Waals surface area contributed by atoms with Gasteiger partial charge in [-0.15, -0.1) is 0 Å². The van der Waals surface area contributed by atoms with E-state index in [-0.39, 0.29) is 6.42 Å². The third-order valence-electron chi connectivity index (χ3n) is 3.05. The van der Waals surface area contributed by atoms with Crippen molar-refractivity contribution in [2.75, 3.05) is 10.6 Å². The van der Waals surface area contributed by atoms with Crippen LogP contribution in [0, 0.1) is 6.92 Å². The van der Waals surface area contributed by atoms with Crippen LogP contribution in [0.4, 0.5) is 11.4 Å². The van der Waals surface area contributed by atoms with Crippen molar-refractivity contribution in [1.82, 2.24) is 0 Å². The lowest BCUT2D eigenvalue weighted by Gasteiger charge is -2.18. The van der Waals surface area contributed by atoms with Gasteiger partial charge in [-0.25, -0.2) is 0 Å². The molecule has 2 aromatic carbocycles. The zero-order chi connectivity index (χ0) is 15.2. The predicted molar refractivity (Wildman–Crippen MR) is 82.2 cm³/mol. The molecule has 1 atom stereocenters. The SMILES string of the molecule is Cc1ccccc1NC(O)Nc1ccc(CC(=O)O)cc1. The van der Waals surface area contributed by atoms with Gasteiger partial charge in [-0.2, -0.15) is 0 Å². The number of hydrogen-bond donors (Lipinski definition) is 4. The van der Waals surface area contributed by atoms with E-state index in [1.165, 1.54) is 0 Å². The van der Waals surface area contributed by atoms with Crippen molar-refractivity contribution >= 4 is 17.3 Å². The Kier molecular flexibility index (Phi) is 4.79. The van der Waals surface area contributed by atoms with Crippen LogP contribution in [0.15, 0.2) is 48.5 Å². The van der Waals surface area contributed by atoms with Gasteiger partial charge in [0.25, 0.3) is 0 Å². The second-order valence-electron chi connectivity index (χ2n) is 4.77. The molecule has 0 aliphatic rings. The maximum Gasteiger partial charge on any atom is 0.307 e. The molecule has 0 amide bonds. The van der Waals surface area contributed by atoms with Crippen LogP contribution in [0.1, 0.15) is 11.1 Å². The summed E-state index contributed by atoms with van der Waals surface area (Å²) < 4.78 is 0. The number of aryl methyl sites for hydroxylation is 1. The van der Waals surface area contributed by atoms with Crippen molar-refractivity contribution in [2.45, 2.75) is 19.7 Å². The monoisotopic (exact) mass is 286 g/mol. The largest absolute Gasteiger partial charge is 0.481 e. The molecule has 110 valence electrons. The average Bonchev–Trinajstić information content (AvgIpc) is 2.43. The number of nitrogens with one attached hydrogen (secondary N) is 2. The fourth-order valence-corrected chi connectivity index (χ4v) is 1.97. The van der Waals surface area contributed by atoms with E-state index in [1.54, 1.807) is 24.3 Å². The van der Waals surface area contributed by atoms with E-state index in [4.69, 9.17) is 5.11 Å². The smallest absolute Gasteiger partial charge is 0.307 e. The summed E-state index contributed by atoms with van der Waals surface area (Å²) in [4.78, 5) is 10.6. The molecule has 0 fully saturated rings. The number of hydrogen-bond acceptors (Lipinski definition) is 4. The highest BCUT2D eigenvalue weighted by molar-refractivity contribution is 5.70. The molecular weight excluding hydrogens is 268 g/mol. The van der Waals surface area contributed by atoms with Crippen molar-refractivity contribution in [3.8, 4) is 0 Å². The third kappa shape index (κ3) is 4.50. The molecule has 4 N–H and O–H groups in total. The molecule has 0 aliphatic carbocycles. The lowest BCUT2D eigenvalue weighted by atomic mass is 10.1. The van der Waals surface area contributed by atoms with E-state index in [9.17, 15) is 9.90 Å². The molecule has 2 rings (SSSR count). The summed E-state index contributed by atoms with van der Waals surface area (Å²) in [6, 6.07) is 14.6. The maximum absolute atomic E-state index is 10.6. The van der Waals surface area contributed by atoms with Gasteiger partial charge >= 0.3 is 5.97 Å². The summed E-state index contributed by atoms with van der Waals surface area (Å²) in [5, 5.41) is 24.5.